The van der Waals surface area contributed by atoms with E-state index in [1.165, 1.54) is 18.5 Å². The van der Waals surface area contributed by atoms with E-state index < -0.39 is 0 Å². The molecule has 2 heterocycles. The fourth-order valence-electron chi connectivity index (χ4n) is 1.78. The number of hydrogen-bond donors (Lipinski definition) is 2. The number of allylic oxidation sites excluding steroid dienone is 1. The van der Waals surface area contributed by atoms with E-state index in [1.807, 2.05) is 0 Å². The molecule has 0 aromatic heterocycles. The van der Waals surface area contributed by atoms with Crippen LogP contribution >= 0.6 is 0 Å². The van der Waals surface area contributed by atoms with Crippen molar-refractivity contribution >= 4 is 0 Å². The van der Waals surface area contributed by atoms with E-state index in [2.05, 4.69) is 5.01 Å². The first-order chi connectivity index (χ1) is 5.29. The molecule has 0 radical (unpaired) electrons. The molecule has 2 rings (SSSR count). The molecule has 62 valence electrons. The Hall–Kier alpha value is -0.740. The van der Waals surface area contributed by atoms with Crippen LogP contribution in [0, 0.1) is 0 Å². The lowest BCUT2D eigenvalue weighted by atomic mass is 10.1. The standard InChI is InChI=1S/C7H14N4/c8-6-5-11(9)10-4-2-1-3-7(6)10/h1-5,8-9H2. The predicted molar refractivity (Wildman–Crippen MR) is 42.7 cm³/mol. The van der Waals surface area contributed by atoms with Crippen molar-refractivity contribution in [2.24, 2.45) is 11.6 Å². The van der Waals surface area contributed by atoms with Gasteiger partial charge in [0.05, 0.1) is 12.2 Å². The molecule has 4 N–H and O–H groups in total. The number of rotatable bonds is 0. The number of hydrazine groups is 2. The highest BCUT2D eigenvalue weighted by atomic mass is 15.8. The molecule has 11 heavy (non-hydrogen) atoms. The van der Waals surface area contributed by atoms with Crippen molar-refractivity contribution in [3.05, 3.63) is 11.4 Å². The highest BCUT2D eigenvalue weighted by Gasteiger charge is 2.27. The topological polar surface area (TPSA) is 58.5 Å². The van der Waals surface area contributed by atoms with Gasteiger partial charge in [-0.1, -0.05) is 0 Å². The van der Waals surface area contributed by atoms with Gasteiger partial charge in [0.25, 0.3) is 0 Å². The second-order valence-corrected chi connectivity index (χ2v) is 3.15. The van der Waals surface area contributed by atoms with Crippen molar-refractivity contribution in [3.8, 4) is 0 Å². The van der Waals surface area contributed by atoms with Crippen molar-refractivity contribution in [2.45, 2.75) is 19.3 Å². The predicted octanol–water partition coefficient (Wildman–Crippen LogP) is -0.253. The summed E-state index contributed by atoms with van der Waals surface area (Å²) in [6.07, 6.45) is 3.57. The first-order valence-corrected chi connectivity index (χ1v) is 4.06. The quantitative estimate of drug-likeness (QED) is 0.472. The third-order valence-electron chi connectivity index (χ3n) is 2.36. The first kappa shape index (κ1) is 6.94. The van der Waals surface area contributed by atoms with Gasteiger partial charge in [-0.05, 0) is 19.3 Å². The van der Waals surface area contributed by atoms with Gasteiger partial charge in [-0.25, -0.2) is 0 Å². The maximum atomic E-state index is 5.80. The van der Waals surface area contributed by atoms with E-state index in [0.717, 1.165) is 18.7 Å². The van der Waals surface area contributed by atoms with Crippen LogP contribution in [0.1, 0.15) is 19.3 Å². The van der Waals surface area contributed by atoms with Crippen LogP contribution in [0.25, 0.3) is 0 Å². The molecule has 4 nitrogen and oxygen atoms in total. The Morgan fingerprint density at radius 1 is 1.27 bits per heavy atom. The van der Waals surface area contributed by atoms with Crippen LogP contribution in [-0.2, 0) is 0 Å². The molecule has 0 aliphatic carbocycles. The van der Waals surface area contributed by atoms with Gasteiger partial charge < -0.3 is 5.73 Å². The fourth-order valence-corrected chi connectivity index (χ4v) is 1.78. The number of nitrogens with zero attached hydrogens (tertiary/aromatic N) is 2. The zero-order valence-electron chi connectivity index (χ0n) is 6.58. The highest BCUT2D eigenvalue weighted by molar-refractivity contribution is 5.16. The number of piperidine rings is 1. The van der Waals surface area contributed by atoms with E-state index in [4.69, 9.17) is 11.6 Å². The smallest absolute Gasteiger partial charge is 0.0751 e. The molecule has 4 heteroatoms. The van der Waals surface area contributed by atoms with Gasteiger partial charge in [0.1, 0.15) is 0 Å². The second-order valence-electron chi connectivity index (χ2n) is 3.15. The summed E-state index contributed by atoms with van der Waals surface area (Å²) in [6, 6.07) is 0. The summed E-state index contributed by atoms with van der Waals surface area (Å²) in [6.45, 7) is 1.74. The second kappa shape index (κ2) is 2.39. The van der Waals surface area contributed by atoms with Gasteiger partial charge >= 0.3 is 0 Å². The Kier molecular flexibility index (Phi) is 1.51. The minimum absolute atomic E-state index is 0.704. The zero-order chi connectivity index (χ0) is 7.84. The monoisotopic (exact) mass is 154 g/mol. The lowest BCUT2D eigenvalue weighted by molar-refractivity contribution is 0.0241. The molecule has 0 atom stereocenters. The van der Waals surface area contributed by atoms with Gasteiger partial charge in [-0.3, -0.25) is 10.9 Å². The molecule has 0 spiro atoms. The summed E-state index contributed by atoms with van der Waals surface area (Å²) in [5.41, 5.74) is 8.00. The lowest BCUT2D eigenvalue weighted by Crippen LogP contribution is -2.44. The van der Waals surface area contributed by atoms with E-state index in [-0.39, 0.29) is 0 Å². The van der Waals surface area contributed by atoms with Crippen molar-refractivity contribution < 1.29 is 0 Å². The summed E-state index contributed by atoms with van der Waals surface area (Å²) in [5.74, 6) is 5.72. The number of fused-ring (bicyclic) bond motifs is 1. The Balaban J connectivity index is 2.21. The Morgan fingerprint density at radius 2 is 2.09 bits per heavy atom. The summed E-state index contributed by atoms with van der Waals surface area (Å²) in [7, 11) is 0. The van der Waals surface area contributed by atoms with Crippen molar-refractivity contribution in [1.82, 2.24) is 10.1 Å². The van der Waals surface area contributed by atoms with Gasteiger partial charge in [-0.2, -0.15) is 5.12 Å². The Bertz CT molecular complexity index is 199. The van der Waals surface area contributed by atoms with Gasteiger partial charge in [-0.15, -0.1) is 0 Å². The van der Waals surface area contributed by atoms with E-state index >= 15 is 0 Å². The molecular weight excluding hydrogens is 140 g/mol. The normalized spacial score (nSPS) is 26.1. The summed E-state index contributed by atoms with van der Waals surface area (Å²) in [5, 5.41) is 3.81. The van der Waals surface area contributed by atoms with E-state index in [0.29, 0.717) is 6.54 Å². The minimum Gasteiger partial charge on any atom is -0.399 e. The summed E-state index contributed by atoms with van der Waals surface area (Å²) < 4.78 is 0. The van der Waals surface area contributed by atoms with Crippen LogP contribution in [0.3, 0.4) is 0 Å². The third-order valence-corrected chi connectivity index (χ3v) is 2.36. The van der Waals surface area contributed by atoms with Crippen molar-refractivity contribution in [1.29, 1.82) is 0 Å². The van der Waals surface area contributed by atoms with Crippen LogP contribution in [0.2, 0.25) is 0 Å². The lowest BCUT2D eigenvalue weighted by Gasteiger charge is -2.31. The average Bonchev–Trinajstić information content (AvgIpc) is 2.30. The first-order valence-electron chi connectivity index (χ1n) is 4.06. The molecule has 0 saturated carbocycles. The van der Waals surface area contributed by atoms with E-state index in [1.54, 1.807) is 5.12 Å². The summed E-state index contributed by atoms with van der Waals surface area (Å²) >= 11 is 0. The van der Waals surface area contributed by atoms with Crippen molar-refractivity contribution in [2.75, 3.05) is 13.1 Å². The van der Waals surface area contributed by atoms with Gasteiger partial charge in [0.15, 0.2) is 0 Å². The number of nitrogens with two attached hydrogens (primary N) is 2. The molecular formula is C7H14N4. The largest absolute Gasteiger partial charge is 0.399 e. The molecule has 1 saturated heterocycles. The Morgan fingerprint density at radius 3 is 2.82 bits per heavy atom. The molecule has 0 aromatic carbocycles. The molecule has 0 aromatic rings. The maximum absolute atomic E-state index is 5.80. The summed E-state index contributed by atoms with van der Waals surface area (Å²) in [4.78, 5) is 0. The molecule has 0 amide bonds. The third kappa shape index (κ3) is 0.985. The molecule has 2 aliphatic rings. The highest BCUT2D eigenvalue weighted by Crippen LogP contribution is 2.26. The van der Waals surface area contributed by atoms with Crippen LogP contribution < -0.4 is 11.6 Å². The van der Waals surface area contributed by atoms with Crippen LogP contribution in [0.15, 0.2) is 11.4 Å². The SMILES string of the molecule is NC1=C2CCCCN2N(N)C1. The van der Waals surface area contributed by atoms with E-state index in [9.17, 15) is 0 Å². The molecule has 0 unspecified atom stereocenters. The van der Waals surface area contributed by atoms with Crippen molar-refractivity contribution in [3.63, 3.8) is 0 Å². The average molecular weight is 154 g/mol. The van der Waals surface area contributed by atoms with Gasteiger partial charge in [0.2, 0.25) is 0 Å². The number of hydrogen-bond acceptors (Lipinski definition) is 4. The minimum atomic E-state index is 0.704. The van der Waals surface area contributed by atoms with Crippen LogP contribution in [0.5, 0.6) is 0 Å². The molecule has 1 fully saturated rings. The fraction of sp³-hybridized carbons (Fsp3) is 0.714. The molecule has 2 aliphatic heterocycles. The molecule has 0 bridgehead atoms. The van der Waals surface area contributed by atoms with Crippen LogP contribution in [0.4, 0.5) is 0 Å². The zero-order valence-corrected chi connectivity index (χ0v) is 6.58. The van der Waals surface area contributed by atoms with Gasteiger partial charge in [0, 0.05) is 12.2 Å². The Labute approximate surface area is 66.4 Å². The van der Waals surface area contributed by atoms with Crippen LogP contribution in [-0.4, -0.2) is 23.2 Å². The maximum Gasteiger partial charge on any atom is 0.0751 e.